The minimum atomic E-state index is -0.0625. The van der Waals surface area contributed by atoms with Gasteiger partial charge in [0.2, 0.25) is 0 Å². The maximum Gasteiger partial charge on any atom is 0.251 e. The topological polar surface area (TPSA) is 59.8 Å². The molecule has 0 saturated carbocycles. The predicted octanol–water partition coefficient (Wildman–Crippen LogP) is 3.44. The van der Waals surface area contributed by atoms with Crippen LogP contribution in [0.5, 0.6) is 0 Å². The summed E-state index contributed by atoms with van der Waals surface area (Å²) in [7, 11) is 0. The van der Waals surface area contributed by atoms with Crippen molar-refractivity contribution in [2.45, 2.75) is 32.2 Å². The molecule has 1 N–H and O–H groups in total. The molecular weight excluding hydrogens is 320 g/mol. The number of amides is 1. The summed E-state index contributed by atoms with van der Waals surface area (Å²) in [5.41, 5.74) is 2.57. The Balaban J connectivity index is 1.56. The summed E-state index contributed by atoms with van der Waals surface area (Å²) >= 11 is 1.74. The first-order chi connectivity index (χ1) is 11.7. The molecule has 24 heavy (non-hydrogen) atoms. The number of aryl methyl sites for hydroxylation is 2. The molecule has 3 aromatic rings. The summed E-state index contributed by atoms with van der Waals surface area (Å²) in [6.07, 6.45) is 6.69. The molecule has 0 fully saturated rings. The lowest BCUT2D eigenvalue weighted by atomic mass is 9.97. The van der Waals surface area contributed by atoms with Crippen LogP contribution >= 0.6 is 11.3 Å². The van der Waals surface area contributed by atoms with E-state index in [4.69, 9.17) is 0 Å². The summed E-state index contributed by atoms with van der Waals surface area (Å²) in [6, 6.07) is 9.38. The van der Waals surface area contributed by atoms with Gasteiger partial charge in [0.15, 0.2) is 0 Å². The van der Waals surface area contributed by atoms with Crippen LogP contribution in [0, 0.1) is 6.92 Å². The highest BCUT2D eigenvalue weighted by atomic mass is 32.1. The summed E-state index contributed by atoms with van der Waals surface area (Å²) in [6.45, 7) is 2.02. The summed E-state index contributed by atoms with van der Waals surface area (Å²) in [4.78, 5) is 18.6. The number of nitrogens with zero attached hydrogens (tertiary/aromatic N) is 3. The number of carbonyl (C=O) groups is 1. The molecule has 2 aromatic heterocycles. The van der Waals surface area contributed by atoms with Crippen LogP contribution in [0.15, 0.2) is 42.7 Å². The highest BCUT2D eigenvalue weighted by molar-refractivity contribution is 7.11. The van der Waals surface area contributed by atoms with Crippen molar-refractivity contribution in [3.8, 4) is 5.69 Å². The number of rotatable bonds is 3. The van der Waals surface area contributed by atoms with Gasteiger partial charge >= 0.3 is 0 Å². The standard InChI is InChI=1S/C18H18N4OS/c1-12-20-17-15(7-3-8-16(17)24-12)21-18(23)13-5-2-6-14(11-13)22-10-4-9-19-22/h2,4-6,9-11,15H,3,7-8H2,1H3,(H,21,23)/t15-/m1/s1. The van der Waals surface area contributed by atoms with Crippen LogP contribution in [0.3, 0.4) is 0 Å². The number of fused-ring (bicyclic) bond motifs is 1. The fourth-order valence-electron chi connectivity index (χ4n) is 3.13. The molecule has 0 saturated heterocycles. The van der Waals surface area contributed by atoms with E-state index >= 15 is 0 Å². The van der Waals surface area contributed by atoms with Gasteiger partial charge in [-0.3, -0.25) is 4.79 Å². The Morgan fingerprint density at radius 3 is 3.12 bits per heavy atom. The van der Waals surface area contributed by atoms with Gasteiger partial charge in [0, 0.05) is 22.8 Å². The SMILES string of the molecule is Cc1nc2c(s1)CCC[C@H]2NC(=O)c1cccc(-n2cccn2)c1. The predicted molar refractivity (Wildman–Crippen MR) is 93.6 cm³/mol. The number of thiazole rings is 1. The van der Waals surface area contributed by atoms with Gasteiger partial charge in [0.1, 0.15) is 0 Å². The minimum Gasteiger partial charge on any atom is -0.344 e. The molecule has 1 aromatic carbocycles. The van der Waals surface area contributed by atoms with Crippen molar-refractivity contribution in [1.29, 1.82) is 0 Å². The average molecular weight is 338 g/mol. The molecule has 0 bridgehead atoms. The van der Waals surface area contributed by atoms with E-state index in [-0.39, 0.29) is 11.9 Å². The van der Waals surface area contributed by atoms with Crippen molar-refractivity contribution in [1.82, 2.24) is 20.1 Å². The summed E-state index contributed by atoms with van der Waals surface area (Å²) in [5, 5.41) is 8.44. The highest BCUT2D eigenvalue weighted by Crippen LogP contribution is 2.33. The van der Waals surface area contributed by atoms with Crippen LogP contribution in [0.4, 0.5) is 0 Å². The van der Waals surface area contributed by atoms with Crippen molar-refractivity contribution < 1.29 is 4.79 Å². The molecule has 122 valence electrons. The Hall–Kier alpha value is -2.47. The molecular formula is C18H18N4OS. The number of benzene rings is 1. The molecule has 1 aliphatic rings. The van der Waals surface area contributed by atoms with Gasteiger partial charge in [-0.2, -0.15) is 5.10 Å². The second-order valence-electron chi connectivity index (χ2n) is 5.96. The third kappa shape index (κ3) is 2.85. The second kappa shape index (κ2) is 6.20. The largest absolute Gasteiger partial charge is 0.344 e. The lowest BCUT2D eigenvalue weighted by Crippen LogP contribution is -2.31. The summed E-state index contributed by atoms with van der Waals surface area (Å²) in [5.74, 6) is -0.0625. The smallest absolute Gasteiger partial charge is 0.251 e. The first kappa shape index (κ1) is 15.1. The van der Waals surface area contributed by atoms with E-state index in [1.54, 1.807) is 22.2 Å². The normalized spacial score (nSPS) is 16.6. The van der Waals surface area contributed by atoms with Crippen LogP contribution in [0.1, 0.15) is 44.8 Å². The Morgan fingerprint density at radius 1 is 1.38 bits per heavy atom. The number of carbonyl (C=O) groups excluding carboxylic acids is 1. The van der Waals surface area contributed by atoms with Crippen molar-refractivity contribution in [2.24, 2.45) is 0 Å². The Kier molecular flexibility index (Phi) is 3.90. The molecule has 4 rings (SSSR count). The van der Waals surface area contributed by atoms with E-state index in [1.807, 2.05) is 43.5 Å². The molecule has 5 nitrogen and oxygen atoms in total. The monoisotopic (exact) mass is 338 g/mol. The third-order valence-corrected chi connectivity index (χ3v) is 5.29. The van der Waals surface area contributed by atoms with Gasteiger partial charge < -0.3 is 5.32 Å². The van der Waals surface area contributed by atoms with Gasteiger partial charge in [0.05, 0.1) is 22.4 Å². The molecule has 0 aliphatic heterocycles. The zero-order valence-electron chi connectivity index (χ0n) is 13.4. The first-order valence-corrected chi connectivity index (χ1v) is 8.89. The van der Waals surface area contributed by atoms with Gasteiger partial charge in [0.25, 0.3) is 5.91 Å². The number of hydrogen-bond acceptors (Lipinski definition) is 4. The van der Waals surface area contributed by atoms with Crippen molar-refractivity contribution >= 4 is 17.2 Å². The third-order valence-electron chi connectivity index (χ3n) is 4.24. The number of nitrogens with one attached hydrogen (secondary N) is 1. The maximum absolute atomic E-state index is 12.7. The van der Waals surface area contributed by atoms with E-state index in [2.05, 4.69) is 15.4 Å². The zero-order chi connectivity index (χ0) is 16.5. The van der Waals surface area contributed by atoms with E-state index in [0.29, 0.717) is 5.56 Å². The van der Waals surface area contributed by atoms with Gasteiger partial charge in [-0.05, 0) is 50.5 Å². The van der Waals surface area contributed by atoms with Crippen LogP contribution < -0.4 is 5.32 Å². The Morgan fingerprint density at radius 2 is 2.29 bits per heavy atom. The van der Waals surface area contributed by atoms with Crippen LogP contribution in [-0.4, -0.2) is 20.7 Å². The van der Waals surface area contributed by atoms with E-state index in [0.717, 1.165) is 35.7 Å². The van der Waals surface area contributed by atoms with Crippen molar-refractivity contribution in [3.05, 3.63) is 63.9 Å². The molecule has 1 aliphatic carbocycles. The fourth-order valence-corrected chi connectivity index (χ4v) is 4.17. The van der Waals surface area contributed by atoms with Gasteiger partial charge in [-0.15, -0.1) is 11.3 Å². The van der Waals surface area contributed by atoms with E-state index in [9.17, 15) is 4.79 Å². The molecule has 1 amide bonds. The Labute approximate surface area is 144 Å². The van der Waals surface area contributed by atoms with Crippen molar-refractivity contribution in [2.75, 3.05) is 0 Å². The Bertz CT molecular complexity index is 869. The molecule has 0 radical (unpaired) electrons. The van der Waals surface area contributed by atoms with E-state index in [1.165, 1.54) is 4.88 Å². The van der Waals surface area contributed by atoms with Crippen LogP contribution in [0.25, 0.3) is 5.69 Å². The lowest BCUT2D eigenvalue weighted by molar-refractivity contribution is 0.0932. The molecule has 1 atom stereocenters. The molecule has 0 spiro atoms. The van der Waals surface area contributed by atoms with Crippen LogP contribution in [-0.2, 0) is 6.42 Å². The van der Waals surface area contributed by atoms with E-state index < -0.39 is 0 Å². The maximum atomic E-state index is 12.7. The lowest BCUT2D eigenvalue weighted by Gasteiger charge is -2.22. The zero-order valence-corrected chi connectivity index (χ0v) is 14.2. The highest BCUT2D eigenvalue weighted by Gasteiger charge is 2.25. The summed E-state index contributed by atoms with van der Waals surface area (Å²) < 4.78 is 1.75. The first-order valence-electron chi connectivity index (χ1n) is 8.08. The quantitative estimate of drug-likeness (QED) is 0.796. The minimum absolute atomic E-state index is 0.0135. The molecule has 0 unspecified atom stereocenters. The number of hydrogen-bond donors (Lipinski definition) is 1. The van der Waals surface area contributed by atoms with Crippen molar-refractivity contribution in [3.63, 3.8) is 0 Å². The number of aromatic nitrogens is 3. The average Bonchev–Trinajstić information content (AvgIpc) is 3.24. The van der Waals surface area contributed by atoms with Gasteiger partial charge in [-0.25, -0.2) is 9.67 Å². The molecule has 6 heteroatoms. The second-order valence-corrected chi connectivity index (χ2v) is 7.25. The molecule has 2 heterocycles. The van der Waals surface area contributed by atoms with Gasteiger partial charge in [-0.1, -0.05) is 6.07 Å². The fraction of sp³-hybridized carbons (Fsp3) is 0.278. The van der Waals surface area contributed by atoms with Crippen LogP contribution in [0.2, 0.25) is 0 Å².